The van der Waals surface area contributed by atoms with Crippen LogP contribution >= 0.6 is 11.8 Å². The van der Waals surface area contributed by atoms with Crippen LogP contribution in [0.1, 0.15) is 16.7 Å². The van der Waals surface area contributed by atoms with Crippen molar-refractivity contribution in [3.8, 4) is 0 Å². The summed E-state index contributed by atoms with van der Waals surface area (Å²) in [5, 5.41) is 0. The summed E-state index contributed by atoms with van der Waals surface area (Å²) < 4.78 is 101. The van der Waals surface area contributed by atoms with Gasteiger partial charge in [-0.05, 0) is 35.4 Å². The number of ether oxygens (including phenoxy) is 1. The number of hydrogen-bond donors (Lipinski definition) is 0. The van der Waals surface area contributed by atoms with Crippen molar-refractivity contribution in [2.24, 2.45) is 0 Å². The van der Waals surface area contributed by atoms with Crippen molar-refractivity contribution < 1.29 is 35.5 Å². The van der Waals surface area contributed by atoms with Gasteiger partial charge in [0, 0.05) is 16.2 Å². The minimum atomic E-state index is -5.75. The van der Waals surface area contributed by atoms with Crippen LogP contribution in [0.25, 0.3) is 0 Å². The molecule has 3 aromatic rings. The monoisotopic (exact) mass is 474 g/mol. The zero-order chi connectivity index (χ0) is 23.4. The fourth-order valence-electron chi connectivity index (χ4n) is 3.03. The average Bonchev–Trinajstić information content (AvgIpc) is 2.73. The summed E-state index contributed by atoms with van der Waals surface area (Å²) >= 11 is 1.27. The molecule has 0 saturated carbocycles. The summed E-state index contributed by atoms with van der Waals surface area (Å²) in [4.78, 5) is 0.710. The zero-order valence-corrected chi connectivity index (χ0v) is 17.2. The first kappa shape index (κ1) is 24.1. The molecule has 0 bridgehead atoms. The molecule has 0 aliphatic carbocycles. The van der Waals surface area contributed by atoms with E-state index in [0.29, 0.717) is 10.5 Å². The molecular formula is C23H17F7OS. The van der Waals surface area contributed by atoms with E-state index in [1.165, 1.54) is 72.4 Å². The van der Waals surface area contributed by atoms with Gasteiger partial charge in [0.15, 0.2) is 0 Å². The topological polar surface area (TPSA) is 9.23 Å². The Morgan fingerprint density at radius 3 is 1.75 bits per heavy atom. The minimum absolute atomic E-state index is 0.178. The standard InChI is InChI=1S/C23H17F7OS/c24-19-10-12-20(13-11-19)32-15-17-6-8-18(9-7-17)21(22(25,26)27,23(28,29)30)31-14-16-4-2-1-3-5-16/h1-13H,14-15H2. The Hall–Kier alpha value is -2.52. The largest absolute Gasteiger partial charge is 0.430 e. The van der Waals surface area contributed by atoms with E-state index in [9.17, 15) is 30.7 Å². The Bertz CT molecular complexity index is 984. The number of hydrogen-bond acceptors (Lipinski definition) is 2. The molecule has 0 aliphatic heterocycles. The van der Waals surface area contributed by atoms with Gasteiger partial charge in [-0.3, -0.25) is 0 Å². The molecule has 0 heterocycles. The molecule has 0 N–H and O–H groups in total. The molecule has 0 radical (unpaired) electrons. The Kier molecular flexibility index (Phi) is 7.19. The lowest BCUT2D eigenvalue weighted by Gasteiger charge is -2.37. The molecule has 0 unspecified atom stereocenters. The van der Waals surface area contributed by atoms with Gasteiger partial charge in [-0.15, -0.1) is 11.8 Å². The minimum Gasteiger partial charge on any atom is -0.349 e. The van der Waals surface area contributed by atoms with E-state index in [1.807, 2.05) is 0 Å². The van der Waals surface area contributed by atoms with Crippen LogP contribution < -0.4 is 0 Å². The van der Waals surface area contributed by atoms with E-state index in [-0.39, 0.29) is 11.3 Å². The molecule has 9 heteroatoms. The second-order valence-corrected chi connectivity index (χ2v) is 7.94. The summed E-state index contributed by atoms with van der Waals surface area (Å²) in [6.07, 6.45) is -11.5. The third-order valence-electron chi connectivity index (χ3n) is 4.68. The third-order valence-corrected chi connectivity index (χ3v) is 5.76. The van der Waals surface area contributed by atoms with Crippen LogP contribution in [0.3, 0.4) is 0 Å². The highest BCUT2D eigenvalue weighted by Crippen LogP contribution is 2.53. The van der Waals surface area contributed by atoms with E-state index < -0.39 is 35.9 Å². The first-order chi connectivity index (χ1) is 15.0. The molecule has 32 heavy (non-hydrogen) atoms. The second-order valence-electron chi connectivity index (χ2n) is 6.89. The van der Waals surface area contributed by atoms with E-state index in [0.717, 1.165) is 12.1 Å². The fourth-order valence-corrected chi connectivity index (χ4v) is 3.89. The lowest BCUT2D eigenvalue weighted by Crippen LogP contribution is -2.55. The number of alkyl halides is 6. The maximum Gasteiger partial charge on any atom is 0.430 e. The predicted molar refractivity (Wildman–Crippen MR) is 107 cm³/mol. The molecule has 3 aromatic carbocycles. The average molecular weight is 474 g/mol. The second kappa shape index (κ2) is 9.54. The van der Waals surface area contributed by atoms with Crippen molar-refractivity contribution in [1.82, 2.24) is 0 Å². The molecular weight excluding hydrogens is 457 g/mol. The van der Waals surface area contributed by atoms with E-state index in [2.05, 4.69) is 4.74 Å². The number of benzene rings is 3. The number of thioether (sulfide) groups is 1. The summed E-state index contributed by atoms with van der Waals surface area (Å²) in [5.41, 5.74) is -4.84. The maximum atomic E-state index is 13.9. The van der Waals surface area contributed by atoms with Crippen molar-refractivity contribution in [2.75, 3.05) is 0 Å². The van der Waals surface area contributed by atoms with Crippen LogP contribution in [-0.2, 0) is 22.7 Å². The SMILES string of the molecule is Fc1ccc(SCc2ccc(C(OCc3ccccc3)(C(F)(F)F)C(F)(F)F)cc2)cc1. The van der Waals surface area contributed by atoms with Gasteiger partial charge in [0.05, 0.1) is 6.61 Å². The van der Waals surface area contributed by atoms with Crippen LogP contribution in [0.2, 0.25) is 0 Å². The van der Waals surface area contributed by atoms with E-state index in [1.54, 1.807) is 6.07 Å². The lowest BCUT2D eigenvalue weighted by molar-refractivity contribution is -0.392. The Labute approximate surface area is 184 Å². The smallest absolute Gasteiger partial charge is 0.349 e. The van der Waals surface area contributed by atoms with Crippen LogP contribution in [0.4, 0.5) is 30.7 Å². The van der Waals surface area contributed by atoms with Gasteiger partial charge >= 0.3 is 12.4 Å². The normalized spacial score (nSPS) is 12.7. The van der Waals surface area contributed by atoms with Crippen LogP contribution in [-0.4, -0.2) is 12.4 Å². The summed E-state index contributed by atoms with van der Waals surface area (Å²) in [5.74, 6) is -0.133. The van der Waals surface area contributed by atoms with Gasteiger partial charge in [-0.25, -0.2) is 4.39 Å². The number of rotatable bonds is 7. The van der Waals surface area contributed by atoms with Gasteiger partial charge in [0.1, 0.15) is 5.82 Å². The molecule has 1 nitrogen and oxygen atoms in total. The van der Waals surface area contributed by atoms with Gasteiger partial charge in [-0.1, -0.05) is 54.6 Å². The van der Waals surface area contributed by atoms with Crippen LogP contribution in [0.15, 0.2) is 83.8 Å². The van der Waals surface area contributed by atoms with Crippen molar-refractivity contribution in [2.45, 2.75) is 35.2 Å². The highest BCUT2D eigenvalue weighted by atomic mass is 32.2. The Balaban J connectivity index is 1.87. The molecule has 0 saturated heterocycles. The molecule has 0 aliphatic rings. The van der Waals surface area contributed by atoms with Crippen molar-refractivity contribution in [1.29, 1.82) is 0 Å². The van der Waals surface area contributed by atoms with Gasteiger partial charge in [0.25, 0.3) is 5.60 Å². The van der Waals surface area contributed by atoms with Gasteiger partial charge < -0.3 is 4.74 Å². The third kappa shape index (κ3) is 5.27. The molecule has 0 spiro atoms. The molecule has 3 rings (SSSR count). The van der Waals surface area contributed by atoms with Crippen molar-refractivity contribution in [3.63, 3.8) is 0 Å². The van der Waals surface area contributed by atoms with Crippen LogP contribution in [0.5, 0.6) is 0 Å². The fraction of sp³-hybridized carbons (Fsp3) is 0.217. The van der Waals surface area contributed by atoms with Crippen molar-refractivity contribution in [3.05, 3.63) is 101 Å². The highest BCUT2D eigenvalue weighted by Gasteiger charge is 2.73. The quantitative estimate of drug-likeness (QED) is 0.257. The summed E-state index contributed by atoms with van der Waals surface area (Å²) in [6, 6.07) is 16.9. The number of halogens is 7. The van der Waals surface area contributed by atoms with Gasteiger partial charge in [-0.2, -0.15) is 26.3 Å². The summed E-state index contributed by atoms with van der Waals surface area (Å²) in [7, 11) is 0. The Morgan fingerprint density at radius 2 is 1.22 bits per heavy atom. The zero-order valence-electron chi connectivity index (χ0n) is 16.4. The molecule has 170 valence electrons. The first-order valence-corrected chi connectivity index (χ1v) is 10.3. The first-order valence-electron chi connectivity index (χ1n) is 9.32. The van der Waals surface area contributed by atoms with Crippen molar-refractivity contribution >= 4 is 11.8 Å². The molecule has 0 atom stereocenters. The molecule has 0 amide bonds. The summed E-state index contributed by atoms with van der Waals surface area (Å²) in [6.45, 7) is -0.873. The highest BCUT2D eigenvalue weighted by molar-refractivity contribution is 7.98. The van der Waals surface area contributed by atoms with Crippen LogP contribution in [0, 0.1) is 5.82 Å². The van der Waals surface area contributed by atoms with Gasteiger partial charge in [0.2, 0.25) is 0 Å². The molecule has 0 aromatic heterocycles. The van der Waals surface area contributed by atoms with E-state index >= 15 is 0 Å². The predicted octanol–water partition coefficient (Wildman–Crippen LogP) is 7.65. The van der Waals surface area contributed by atoms with E-state index in [4.69, 9.17) is 0 Å². The lowest BCUT2D eigenvalue weighted by atomic mass is 9.91. The Morgan fingerprint density at radius 1 is 0.656 bits per heavy atom. The maximum absolute atomic E-state index is 13.9. The molecule has 0 fully saturated rings.